The van der Waals surface area contributed by atoms with Gasteiger partial charge in [-0.25, -0.2) is 44.9 Å². The highest BCUT2D eigenvalue weighted by molar-refractivity contribution is 6.12. The van der Waals surface area contributed by atoms with Crippen molar-refractivity contribution in [2.24, 2.45) is 0 Å². The number of aromatic nitrogens is 10. The van der Waals surface area contributed by atoms with Crippen molar-refractivity contribution in [2.45, 2.75) is 77.0 Å². The first-order chi connectivity index (χ1) is 65.9. The van der Waals surface area contributed by atoms with Gasteiger partial charge in [-0.05, 0) is 173 Å². The number of furan rings is 3. The first kappa shape index (κ1) is 80.2. The van der Waals surface area contributed by atoms with Crippen molar-refractivity contribution < 1.29 is 13.3 Å². The fraction of sp³-hybridized carbons (Fsp3) is 0.0984. The second-order valence-electron chi connectivity index (χ2n) is 37.6. The highest BCUT2D eigenvalue weighted by Crippen LogP contribution is 2.58. The van der Waals surface area contributed by atoms with E-state index in [1.807, 2.05) is 152 Å². The summed E-state index contributed by atoms with van der Waals surface area (Å²) in [6.45, 7) is 18.3. The number of benzene rings is 16. The van der Waals surface area contributed by atoms with Gasteiger partial charge in [0, 0.05) is 105 Å². The van der Waals surface area contributed by atoms with Gasteiger partial charge in [0.2, 0.25) is 0 Å². The average molecular weight is 1740 g/mol. The topological polar surface area (TPSA) is 168 Å². The summed E-state index contributed by atoms with van der Waals surface area (Å²) in [5.74, 6) is 5.81. The first-order valence-electron chi connectivity index (χ1n) is 46.0. The molecule has 0 saturated carbocycles. The third-order valence-corrected chi connectivity index (χ3v) is 28.2. The minimum Gasteiger partial charge on any atom is -0.456 e. The summed E-state index contributed by atoms with van der Waals surface area (Å²) >= 11 is 0. The molecule has 642 valence electrons. The molecular weight excluding hydrogens is 1650 g/mol. The molecule has 4 aliphatic carbocycles. The van der Waals surface area contributed by atoms with E-state index >= 15 is 0 Å². The second-order valence-corrected chi connectivity index (χ2v) is 37.6. The molecule has 0 N–H and O–H groups in total. The molecule has 0 radical (unpaired) electrons. The average Bonchev–Trinajstić information content (AvgIpc) is 1.56. The highest BCUT2D eigenvalue weighted by Gasteiger charge is 2.43. The predicted octanol–water partition coefficient (Wildman–Crippen LogP) is 30.6. The van der Waals surface area contributed by atoms with Gasteiger partial charge in [0.1, 0.15) is 39.2 Å². The van der Waals surface area contributed by atoms with Crippen molar-refractivity contribution in [1.29, 1.82) is 0 Å². The summed E-state index contributed by atoms with van der Waals surface area (Å²) in [6, 6.07) is 128. The number of fused-ring (bicyclic) bond motifs is 21. The van der Waals surface area contributed by atoms with Gasteiger partial charge in [-0.15, -0.1) is 0 Å². The minimum atomic E-state index is -0.293. The van der Waals surface area contributed by atoms with E-state index in [-0.39, 0.29) is 21.7 Å². The Bertz CT molecular complexity index is 8360. The summed E-state index contributed by atoms with van der Waals surface area (Å²) in [4.78, 5) is 49.7. The summed E-state index contributed by atoms with van der Waals surface area (Å²) in [6.07, 6.45) is 1.76. The Kier molecular flexibility index (Phi) is 18.3. The predicted molar refractivity (Wildman–Crippen MR) is 544 cm³/mol. The fourth-order valence-corrected chi connectivity index (χ4v) is 21.6. The monoisotopic (exact) mass is 1740 g/mol. The van der Waals surface area contributed by atoms with Gasteiger partial charge in [0.05, 0.1) is 0 Å². The maximum atomic E-state index is 6.47. The standard InChI is InChI=1S/C51H37N3O.C36H25N3O.C35H24N4O/c1-50(2)41-19-11-9-16-35(41)46-36(17-12-20-42(46)50)49-53-47(31-13-6-5-7-14-31)52-48(54-49)32-23-21-30(22-24-32)33-25-26-44-38(27-33)39-28-37-34-15-8-10-18-40(34)51(3,4)43(37)29-45(39)55-44;1-36(2)29-21-31-28(24-16-9-10-19-30(24)40-31)20-27(29)25-17-11-18-26(32(25)36)35-38-33(22-12-5-3-6-13-22)37-34(39-35)23-14-7-4-8-15-23;1-35(2)27-20-30-26(22-13-6-7-17-29(22)40-30)19-25(27)23-14-10-15-24(31(23)35)33-37-32(21-11-4-3-5-12-21)38-34(39-33)28-16-8-9-18-36-28/h5-29H,1-4H3;3-21H,1-2H3;3-20H,1-2H3. The van der Waals surface area contributed by atoms with Crippen LogP contribution in [0.4, 0.5) is 0 Å². The quantitative estimate of drug-likeness (QED) is 0.127. The molecule has 0 unspecified atom stereocenters. The van der Waals surface area contributed by atoms with Crippen LogP contribution in [0.3, 0.4) is 0 Å². The van der Waals surface area contributed by atoms with Gasteiger partial charge in [-0.3, -0.25) is 4.98 Å². The van der Waals surface area contributed by atoms with Crippen LogP contribution in [0.1, 0.15) is 99.9 Å². The molecule has 135 heavy (non-hydrogen) atoms. The lowest BCUT2D eigenvalue weighted by Crippen LogP contribution is -2.17. The molecule has 0 atom stereocenters. The zero-order valence-electron chi connectivity index (χ0n) is 75.5. The number of pyridine rings is 1. The summed E-state index contributed by atoms with van der Waals surface area (Å²) in [5, 5.41) is 6.81. The zero-order valence-corrected chi connectivity index (χ0v) is 75.5. The van der Waals surface area contributed by atoms with Gasteiger partial charge >= 0.3 is 0 Å². The SMILES string of the molecule is CC1(C)c2cc3oc4ccccc4c3cc2-c2cccc(-c3nc(-c4ccccc4)nc(-c4ccccc4)n3)c21.CC1(C)c2cc3oc4ccccc4c3cc2-c2cccc(-c3nc(-c4ccccc4)nc(-c4ccccn4)n3)c21.CC1(C)c2ccccc2-c2cc3c(cc21)oc1ccc(-c2ccc(-c4nc(-c5ccccc5)nc(-c5cccc6c5-c5ccccc5C6(C)C)n4)cc2)cc13. The molecule has 23 aromatic rings. The van der Waals surface area contributed by atoms with E-state index in [1.165, 1.54) is 89.0 Å². The van der Waals surface area contributed by atoms with Crippen molar-refractivity contribution in [3.05, 3.63) is 421 Å². The lowest BCUT2D eigenvalue weighted by Gasteiger charge is -2.24. The Hall–Kier alpha value is -16.9. The molecule has 0 aliphatic heterocycles. The first-order valence-corrected chi connectivity index (χ1v) is 46.0. The Morgan fingerprint density at radius 1 is 0.178 bits per heavy atom. The zero-order chi connectivity index (χ0) is 90.7. The number of nitrogens with zero attached hydrogens (tertiary/aromatic N) is 10. The van der Waals surface area contributed by atoms with E-state index in [0.29, 0.717) is 58.1 Å². The van der Waals surface area contributed by atoms with E-state index in [1.54, 1.807) is 6.20 Å². The molecule has 0 amide bonds. The fourth-order valence-electron chi connectivity index (χ4n) is 21.6. The van der Waals surface area contributed by atoms with E-state index in [9.17, 15) is 0 Å². The molecule has 7 heterocycles. The maximum absolute atomic E-state index is 6.47. The van der Waals surface area contributed by atoms with Gasteiger partial charge in [0.15, 0.2) is 52.4 Å². The molecule has 16 aromatic carbocycles. The largest absolute Gasteiger partial charge is 0.456 e. The van der Waals surface area contributed by atoms with Crippen molar-refractivity contribution >= 4 is 65.8 Å². The lowest BCUT2D eigenvalue weighted by atomic mass is 9.80. The highest BCUT2D eigenvalue weighted by atomic mass is 16.3. The van der Waals surface area contributed by atoms with Crippen LogP contribution < -0.4 is 0 Å². The van der Waals surface area contributed by atoms with Crippen molar-refractivity contribution in [3.8, 4) is 158 Å². The van der Waals surface area contributed by atoms with Crippen LogP contribution in [0.5, 0.6) is 0 Å². The van der Waals surface area contributed by atoms with E-state index in [0.717, 1.165) is 121 Å². The molecule has 13 nitrogen and oxygen atoms in total. The molecule has 0 fully saturated rings. The van der Waals surface area contributed by atoms with Crippen molar-refractivity contribution in [1.82, 2.24) is 49.8 Å². The van der Waals surface area contributed by atoms with E-state index in [2.05, 4.69) is 279 Å². The summed E-state index contributed by atoms with van der Waals surface area (Å²) in [5.41, 5.74) is 35.6. The Morgan fingerprint density at radius 3 is 0.985 bits per heavy atom. The molecule has 0 saturated heterocycles. The third-order valence-electron chi connectivity index (χ3n) is 28.2. The maximum Gasteiger partial charge on any atom is 0.182 e. The third kappa shape index (κ3) is 13.1. The number of hydrogen-bond acceptors (Lipinski definition) is 13. The molecule has 4 aliphatic rings. The smallest absolute Gasteiger partial charge is 0.182 e. The van der Waals surface area contributed by atoms with E-state index < -0.39 is 0 Å². The molecule has 7 aromatic heterocycles. The molecule has 27 rings (SSSR count). The van der Waals surface area contributed by atoms with Crippen LogP contribution in [0.25, 0.3) is 224 Å². The molecular formula is C122H86N10O3. The van der Waals surface area contributed by atoms with Crippen molar-refractivity contribution in [3.63, 3.8) is 0 Å². The number of hydrogen-bond donors (Lipinski definition) is 0. The van der Waals surface area contributed by atoms with Gasteiger partial charge < -0.3 is 13.3 Å². The van der Waals surface area contributed by atoms with Gasteiger partial charge in [-0.1, -0.05) is 353 Å². The number of para-hydroxylation sites is 2. The number of rotatable bonds is 10. The van der Waals surface area contributed by atoms with Gasteiger partial charge in [-0.2, -0.15) is 0 Å². The van der Waals surface area contributed by atoms with Crippen LogP contribution in [0.2, 0.25) is 0 Å². The minimum absolute atomic E-state index is 0.0728. The Morgan fingerprint density at radius 2 is 0.496 bits per heavy atom. The van der Waals surface area contributed by atoms with Gasteiger partial charge in [0.25, 0.3) is 0 Å². The second kappa shape index (κ2) is 30.9. The van der Waals surface area contributed by atoms with Crippen molar-refractivity contribution in [2.75, 3.05) is 0 Å². The Balaban J connectivity index is 0.000000110. The summed E-state index contributed by atoms with van der Waals surface area (Å²) < 4.78 is 19.0. The molecule has 0 spiro atoms. The normalized spacial score (nSPS) is 13.9. The van der Waals surface area contributed by atoms with Crippen LogP contribution in [-0.4, -0.2) is 49.8 Å². The van der Waals surface area contributed by atoms with Crippen LogP contribution in [0.15, 0.2) is 389 Å². The van der Waals surface area contributed by atoms with Crippen LogP contribution in [0, 0.1) is 0 Å². The molecule has 13 heteroatoms. The lowest BCUT2D eigenvalue weighted by molar-refractivity contribution is 0.647. The molecule has 0 bridgehead atoms. The Labute approximate surface area is 779 Å². The summed E-state index contributed by atoms with van der Waals surface area (Å²) in [7, 11) is 0. The van der Waals surface area contributed by atoms with Crippen LogP contribution >= 0.6 is 0 Å². The van der Waals surface area contributed by atoms with E-state index in [4.69, 9.17) is 58.1 Å². The van der Waals surface area contributed by atoms with Crippen LogP contribution in [-0.2, 0) is 21.7 Å².